The van der Waals surface area contributed by atoms with Crippen molar-refractivity contribution in [2.45, 2.75) is 40.7 Å². The van der Waals surface area contributed by atoms with Crippen molar-refractivity contribution >= 4 is 11.9 Å². The molecule has 0 aromatic rings. The average Bonchev–Trinajstić information content (AvgIpc) is 2.08. The molecule has 1 fully saturated rings. The number of imide groups is 1. The molecule has 0 saturated carbocycles. The lowest BCUT2D eigenvalue weighted by Gasteiger charge is -2.41. The standard InChI is InChI=1S/C11H20N2O2/c1-7-6-13(8(2)11(3,4)5)10(15)12-9(7)14/h7-8H,6H2,1-5H3,(H,12,14,15). The number of nitrogens with one attached hydrogen (secondary N) is 1. The topological polar surface area (TPSA) is 49.4 Å². The fourth-order valence-electron chi connectivity index (χ4n) is 1.56. The third-order valence-corrected chi connectivity index (χ3v) is 3.13. The maximum atomic E-state index is 11.6. The van der Waals surface area contributed by atoms with Crippen LogP contribution in [0.25, 0.3) is 0 Å². The first-order valence-corrected chi connectivity index (χ1v) is 5.35. The van der Waals surface area contributed by atoms with E-state index in [4.69, 9.17) is 0 Å². The van der Waals surface area contributed by atoms with E-state index in [-0.39, 0.29) is 29.3 Å². The molecule has 1 heterocycles. The number of carbonyl (C=O) groups excluding carboxylic acids is 2. The number of amides is 3. The van der Waals surface area contributed by atoms with Crippen molar-refractivity contribution in [1.29, 1.82) is 0 Å². The summed E-state index contributed by atoms with van der Waals surface area (Å²) in [6.07, 6.45) is 0. The van der Waals surface area contributed by atoms with Gasteiger partial charge in [0.05, 0.1) is 5.92 Å². The van der Waals surface area contributed by atoms with Crippen LogP contribution in [0, 0.1) is 11.3 Å². The SMILES string of the molecule is CC1CN(C(C)C(C)(C)C)C(=O)NC1=O. The zero-order valence-electron chi connectivity index (χ0n) is 10.1. The molecule has 1 aliphatic rings. The summed E-state index contributed by atoms with van der Waals surface area (Å²) in [7, 11) is 0. The fourth-order valence-corrected chi connectivity index (χ4v) is 1.56. The van der Waals surface area contributed by atoms with Gasteiger partial charge in [-0.1, -0.05) is 27.7 Å². The van der Waals surface area contributed by atoms with Crippen molar-refractivity contribution in [2.75, 3.05) is 6.54 Å². The summed E-state index contributed by atoms with van der Waals surface area (Å²) >= 11 is 0. The Bertz CT molecular complexity index is 281. The highest BCUT2D eigenvalue weighted by Gasteiger charge is 2.36. The lowest BCUT2D eigenvalue weighted by Crippen LogP contribution is -2.58. The van der Waals surface area contributed by atoms with E-state index in [9.17, 15) is 9.59 Å². The predicted octanol–water partition coefficient (Wildman–Crippen LogP) is 1.61. The zero-order chi connectivity index (χ0) is 11.8. The Labute approximate surface area is 91.0 Å². The van der Waals surface area contributed by atoms with Crippen LogP contribution in [-0.4, -0.2) is 29.4 Å². The second-order valence-electron chi connectivity index (χ2n) is 5.39. The van der Waals surface area contributed by atoms with Gasteiger partial charge in [-0.2, -0.15) is 0 Å². The molecular weight excluding hydrogens is 192 g/mol. The molecule has 0 radical (unpaired) electrons. The summed E-state index contributed by atoms with van der Waals surface area (Å²) in [5.41, 5.74) is 0.0252. The first kappa shape index (κ1) is 12.0. The summed E-state index contributed by atoms with van der Waals surface area (Å²) < 4.78 is 0. The Hall–Kier alpha value is -1.06. The highest BCUT2D eigenvalue weighted by atomic mass is 16.2. The van der Waals surface area contributed by atoms with Crippen molar-refractivity contribution in [2.24, 2.45) is 11.3 Å². The van der Waals surface area contributed by atoms with Gasteiger partial charge in [-0.3, -0.25) is 10.1 Å². The van der Waals surface area contributed by atoms with Gasteiger partial charge in [-0.05, 0) is 12.3 Å². The summed E-state index contributed by atoms with van der Waals surface area (Å²) in [5.74, 6) is -0.287. The Morgan fingerprint density at radius 1 is 1.40 bits per heavy atom. The number of hydrogen-bond acceptors (Lipinski definition) is 2. The van der Waals surface area contributed by atoms with Gasteiger partial charge in [0.15, 0.2) is 0 Å². The Kier molecular flexibility index (Phi) is 3.07. The van der Waals surface area contributed by atoms with Crippen LogP contribution in [0.3, 0.4) is 0 Å². The summed E-state index contributed by atoms with van der Waals surface area (Å²) in [4.78, 5) is 24.6. The van der Waals surface area contributed by atoms with Gasteiger partial charge in [0.2, 0.25) is 5.91 Å². The van der Waals surface area contributed by atoms with E-state index in [0.29, 0.717) is 6.54 Å². The monoisotopic (exact) mass is 212 g/mol. The molecule has 1 aliphatic heterocycles. The minimum atomic E-state index is -0.263. The molecule has 15 heavy (non-hydrogen) atoms. The van der Waals surface area contributed by atoms with E-state index < -0.39 is 0 Å². The van der Waals surface area contributed by atoms with Crippen LogP contribution in [0.15, 0.2) is 0 Å². The van der Waals surface area contributed by atoms with Gasteiger partial charge >= 0.3 is 6.03 Å². The van der Waals surface area contributed by atoms with Crippen molar-refractivity contribution in [1.82, 2.24) is 10.2 Å². The Morgan fingerprint density at radius 3 is 2.40 bits per heavy atom. The third kappa shape index (κ3) is 2.49. The molecule has 2 atom stereocenters. The first-order chi connectivity index (χ1) is 6.73. The van der Waals surface area contributed by atoms with E-state index in [0.717, 1.165) is 0 Å². The predicted molar refractivity (Wildman–Crippen MR) is 58.3 cm³/mol. The molecule has 1 rings (SSSR count). The van der Waals surface area contributed by atoms with E-state index in [2.05, 4.69) is 26.1 Å². The minimum Gasteiger partial charge on any atom is -0.320 e. The van der Waals surface area contributed by atoms with Gasteiger partial charge in [0.1, 0.15) is 0 Å². The van der Waals surface area contributed by atoms with Gasteiger partial charge in [-0.15, -0.1) is 0 Å². The molecule has 86 valence electrons. The minimum absolute atomic E-state index is 0.0252. The number of hydrogen-bond donors (Lipinski definition) is 1. The smallest absolute Gasteiger partial charge is 0.320 e. The number of rotatable bonds is 1. The van der Waals surface area contributed by atoms with Crippen LogP contribution >= 0.6 is 0 Å². The van der Waals surface area contributed by atoms with Gasteiger partial charge in [0, 0.05) is 12.6 Å². The summed E-state index contributed by atoms with van der Waals surface area (Å²) in [5, 5.41) is 2.38. The molecule has 3 amide bonds. The summed E-state index contributed by atoms with van der Waals surface area (Å²) in [6.45, 7) is 10.6. The molecule has 1 saturated heterocycles. The Balaban J connectivity index is 2.79. The molecule has 0 aliphatic carbocycles. The lowest BCUT2D eigenvalue weighted by molar-refractivity contribution is -0.126. The molecule has 0 bridgehead atoms. The Morgan fingerprint density at radius 2 is 1.93 bits per heavy atom. The molecule has 4 heteroatoms. The van der Waals surface area contributed by atoms with E-state index >= 15 is 0 Å². The number of carbonyl (C=O) groups is 2. The maximum absolute atomic E-state index is 11.6. The van der Waals surface area contributed by atoms with Crippen LogP contribution in [0.2, 0.25) is 0 Å². The van der Waals surface area contributed by atoms with Crippen LogP contribution < -0.4 is 5.32 Å². The number of urea groups is 1. The second-order valence-corrected chi connectivity index (χ2v) is 5.39. The van der Waals surface area contributed by atoms with E-state index in [1.807, 2.05) is 13.8 Å². The molecule has 0 spiro atoms. The highest BCUT2D eigenvalue weighted by Crippen LogP contribution is 2.26. The molecule has 0 aromatic carbocycles. The molecule has 1 N–H and O–H groups in total. The van der Waals surface area contributed by atoms with E-state index in [1.165, 1.54) is 0 Å². The van der Waals surface area contributed by atoms with Crippen molar-refractivity contribution in [3.8, 4) is 0 Å². The highest BCUT2D eigenvalue weighted by molar-refractivity contribution is 5.97. The van der Waals surface area contributed by atoms with Crippen molar-refractivity contribution in [3.05, 3.63) is 0 Å². The zero-order valence-corrected chi connectivity index (χ0v) is 10.1. The van der Waals surface area contributed by atoms with Crippen LogP contribution in [0.4, 0.5) is 4.79 Å². The normalized spacial score (nSPS) is 25.1. The summed E-state index contributed by atoms with van der Waals surface area (Å²) in [6, 6.07) is -0.145. The van der Waals surface area contributed by atoms with Crippen molar-refractivity contribution in [3.63, 3.8) is 0 Å². The molecule has 4 nitrogen and oxygen atoms in total. The fraction of sp³-hybridized carbons (Fsp3) is 0.818. The van der Waals surface area contributed by atoms with Gasteiger partial charge in [0.25, 0.3) is 0 Å². The van der Waals surface area contributed by atoms with Crippen LogP contribution in [-0.2, 0) is 4.79 Å². The lowest BCUT2D eigenvalue weighted by atomic mass is 9.86. The maximum Gasteiger partial charge on any atom is 0.324 e. The van der Waals surface area contributed by atoms with Crippen LogP contribution in [0.5, 0.6) is 0 Å². The first-order valence-electron chi connectivity index (χ1n) is 5.35. The van der Waals surface area contributed by atoms with Crippen molar-refractivity contribution < 1.29 is 9.59 Å². The largest absolute Gasteiger partial charge is 0.324 e. The molecule has 0 aromatic heterocycles. The number of nitrogens with zero attached hydrogens (tertiary/aromatic N) is 1. The molecular formula is C11H20N2O2. The average molecular weight is 212 g/mol. The second kappa shape index (κ2) is 3.83. The van der Waals surface area contributed by atoms with E-state index in [1.54, 1.807) is 4.90 Å². The third-order valence-electron chi connectivity index (χ3n) is 3.13. The van der Waals surface area contributed by atoms with Crippen LogP contribution in [0.1, 0.15) is 34.6 Å². The van der Waals surface area contributed by atoms with Gasteiger partial charge in [-0.25, -0.2) is 4.79 Å². The van der Waals surface area contributed by atoms with Gasteiger partial charge < -0.3 is 4.90 Å². The molecule has 2 unspecified atom stereocenters. The quantitative estimate of drug-likeness (QED) is 0.718.